The summed E-state index contributed by atoms with van der Waals surface area (Å²) in [6, 6.07) is 23.0. The Hall–Kier alpha value is -5.88. The number of fused-ring (bicyclic) bond motifs is 3. The number of carbonyl (C=O) groups is 3. The van der Waals surface area contributed by atoms with E-state index in [0.717, 1.165) is 24.8 Å². The number of aryl methyl sites for hydroxylation is 2. The van der Waals surface area contributed by atoms with Gasteiger partial charge in [0.25, 0.3) is 5.91 Å². The lowest BCUT2D eigenvalue weighted by Crippen LogP contribution is -2.36. The Morgan fingerprint density at radius 3 is 2.56 bits per heavy atom. The van der Waals surface area contributed by atoms with E-state index >= 15 is 0 Å². The maximum absolute atomic E-state index is 13.6. The summed E-state index contributed by atoms with van der Waals surface area (Å²) in [5, 5.41) is 15.7. The lowest BCUT2D eigenvalue weighted by Gasteiger charge is -2.26. The molecule has 2 atom stereocenters. The number of primary amides is 1. The van der Waals surface area contributed by atoms with Crippen molar-refractivity contribution in [1.29, 1.82) is 0 Å². The number of carbonyl (C=O) groups excluding carboxylic acids is 3. The van der Waals surface area contributed by atoms with Crippen molar-refractivity contribution < 1.29 is 23.9 Å². The molecular weight excluding hydrogens is 682 g/mol. The number of hydrogen-bond donors (Lipinski definition) is 3. The van der Waals surface area contributed by atoms with Crippen molar-refractivity contribution in [1.82, 2.24) is 30.2 Å². The molecule has 52 heavy (non-hydrogen) atoms. The van der Waals surface area contributed by atoms with Crippen molar-refractivity contribution in [2.45, 2.75) is 64.8 Å². The second-order valence-corrected chi connectivity index (χ2v) is 14.2. The summed E-state index contributed by atoms with van der Waals surface area (Å²) in [6.45, 7) is 7.19. The quantitative estimate of drug-likeness (QED) is 0.143. The molecule has 0 aliphatic heterocycles. The van der Waals surface area contributed by atoms with E-state index in [9.17, 15) is 14.4 Å². The number of halogens is 1. The van der Waals surface area contributed by atoms with Crippen LogP contribution in [0.3, 0.4) is 0 Å². The fraction of sp³-hybridized carbons (Fsp3) is 0.256. The molecule has 1 aliphatic rings. The maximum atomic E-state index is 13.6. The number of ether oxygens (including phenoxy) is 2. The highest BCUT2D eigenvalue weighted by Crippen LogP contribution is 2.34. The second kappa shape index (κ2) is 13.7. The molecule has 4 aromatic carbocycles. The Morgan fingerprint density at radius 1 is 1.00 bits per heavy atom. The van der Waals surface area contributed by atoms with E-state index in [1.54, 1.807) is 74.1 Å². The van der Waals surface area contributed by atoms with Gasteiger partial charge in [0.1, 0.15) is 16.9 Å². The Morgan fingerprint density at radius 2 is 1.77 bits per heavy atom. The largest absolute Gasteiger partial charge is 0.466 e. The number of benzene rings is 4. The predicted molar refractivity (Wildman–Crippen MR) is 198 cm³/mol. The van der Waals surface area contributed by atoms with Crippen molar-refractivity contribution in [3.05, 3.63) is 118 Å². The number of urea groups is 1. The standard InChI is InChI=1S/C39H38ClN7O5/c1-22-25(35(48)42-30-14-9-11-23-10-5-6-12-26(23)30)17-19-32-34(22)44-45-47(32)33-20-24(16-18-29(33)40)51-36(43-37(41)49)28-21-46(38(50)52-39(2,3)4)31-15-8-7-13-27(28)31/h5-8,10,12-13,15-21,30,36H,9,11,14H2,1-4H3,(H,42,48)(H3,41,43,49). The van der Waals surface area contributed by atoms with Gasteiger partial charge < -0.3 is 20.5 Å². The summed E-state index contributed by atoms with van der Waals surface area (Å²) in [7, 11) is 0. The molecule has 2 aromatic heterocycles. The van der Waals surface area contributed by atoms with E-state index in [-0.39, 0.29) is 11.9 Å². The highest BCUT2D eigenvalue weighted by molar-refractivity contribution is 6.32. The molecule has 6 aromatic rings. The van der Waals surface area contributed by atoms with Crippen LogP contribution in [0.1, 0.15) is 78.5 Å². The summed E-state index contributed by atoms with van der Waals surface area (Å²) in [5.74, 6) is 0.140. The fourth-order valence-electron chi connectivity index (χ4n) is 6.73. The van der Waals surface area contributed by atoms with E-state index in [1.165, 1.54) is 10.1 Å². The van der Waals surface area contributed by atoms with Gasteiger partial charge in [-0.15, -0.1) is 5.10 Å². The molecule has 2 unspecified atom stereocenters. The van der Waals surface area contributed by atoms with Crippen LogP contribution < -0.4 is 21.1 Å². The summed E-state index contributed by atoms with van der Waals surface area (Å²) >= 11 is 6.71. The number of nitrogens with one attached hydrogen (secondary N) is 2. The molecule has 0 fully saturated rings. The van der Waals surface area contributed by atoms with Crippen molar-refractivity contribution in [2.75, 3.05) is 0 Å². The van der Waals surface area contributed by atoms with Gasteiger partial charge in [0.2, 0.25) is 6.23 Å². The van der Waals surface area contributed by atoms with E-state index in [0.29, 0.717) is 55.1 Å². The summed E-state index contributed by atoms with van der Waals surface area (Å²) in [5.41, 5.74) is 11.1. The van der Waals surface area contributed by atoms with Crippen molar-refractivity contribution in [3.8, 4) is 11.4 Å². The lowest BCUT2D eigenvalue weighted by atomic mass is 9.87. The Kier molecular flexibility index (Phi) is 9.09. The summed E-state index contributed by atoms with van der Waals surface area (Å²) in [6.07, 6.45) is 2.75. The van der Waals surface area contributed by atoms with Crippen LogP contribution >= 0.6 is 11.6 Å². The Balaban J connectivity index is 1.19. The molecule has 13 heteroatoms. The van der Waals surface area contributed by atoms with Crippen LogP contribution in [0.4, 0.5) is 9.59 Å². The first-order valence-corrected chi connectivity index (χ1v) is 17.4. The molecule has 0 saturated carbocycles. The molecule has 7 rings (SSSR count). The van der Waals surface area contributed by atoms with Gasteiger partial charge >= 0.3 is 12.1 Å². The molecule has 0 spiro atoms. The number of nitrogens with zero attached hydrogens (tertiary/aromatic N) is 4. The topological polar surface area (TPSA) is 155 Å². The van der Waals surface area contributed by atoms with Crippen LogP contribution in [0.2, 0.25) is 5.02 Å². The number of hydrogen-bond acceptors (Lipinski definition) is 7. The maximum Gasteiger partial charge on any atom is 0.419 e. The third-order valence-electron chi connectivity index (χ3n) is 9.08. The van der Waals surface area contributed by atoms with Crippen LogP contribution in [0, 0.1) is 6.92 Å². The predicted octanol–water partition coefficient (Wildman–Crippen LogP) is 7.67. The van der Waals surface area contributed by atoms with Crippen LogP contribution in [0.25, 0.3) is 27.6 Å². The SMILES string of the molecule is Cc1c(C(=O)NC2CCCc3ccccc32)ccc2c1nnn2-c1cc(OC(NC(N)=O)c2cn(C(=O)OC(C)(C)C)c3ccccc23)ccc1Cl. The average Bonchev–Trinajstić information content (AvgIpc) is 3.71. The van der Waals surface area contributed by atoms with Crippen LogP contribution in [0.15, 0.2) is 85.1 Å². The molecule has 0 bridgehead atoms. The van der Waals surface area contributed by atoms with E-state index in [1.807, 2.05) is 31.2 Å². The summed E-state index contributed by atoms with van der Waals surface area (Å²) < 4.78 is 14.9. The number of para-hydroxylation sites is 1. The fourth-order valence-corrected chi connectivity index (χ4v) is 6.92. The zero-order valence-electron chi connectivity index (χ0n) is 29.1. The van der Waals surface area contributed by atoms with E-state index < -0.39 is 24.0 Å². The molecule has 266 valence electrons. The smallest absolute Gasteiger partial charge is 0.419 e. The molecule has 4 N–H and O–H groups in total. The van der Waals surface area contributed by atoms with Crippen LogP contribution in [0.5, 0.6) is 5.75 Å². The molecule has 0 saturated heterocycles. The average molecular weight is 720 g/mol. The normalized spacial score (nSPS) is 14.8. The van der Waals surface area contributed by atoms with E-state index in [4.69, 9.17) is 26.8 Å². The molecular formula is C39H38ClN7O5. The summed E-state index contributed by atoms with van der Waals surface area (Å²) in [4.78, 5) is 39.0. The first-order valence-electron chi connectivity index (χ1n) is 17.0. The van der Waals surface area contributed by atoms with Gasteiger partial charge in [-0.2, -0.15) is 0 Å². The van der Waals surface area contributed by atoms with Gasteiger partial charge in [-0.1, -0.05) is 59.3 Å². The highest BCUT2D eigenvalue weighted by atomic mass is 35.5. The Bertz CT molecular complexity index is 2360. The number of rotatable bonds is 7. The highest BCUT2D eigenvalue weighted by Gasteiger charge is 2.27. The molecule has 0 radical (unpaired) electrons. The monoisotopic (exact) mass is 719 g/mol. The van der Waals surface area contributed by atoms with Gasteiger partial charge in [0.05, 0.1) is 27.8 Å². The van der Waals surface area contributed by atoms with E-state index in [2.05, 4.69) is 33.1 Å². The minimum atomic E-state index is -1.10. The first kappa shape index (κ1) is 34.6. The third-order valence-corrected chi connectivity index (χ3v) is 9.40. The number of amides is 3. The van der Waals surface area contributed by atoms with Crippen LogP contribution in [-0.4, -0.2) is 43.2 Å². The minimum Gasteiger partial charge on any atom is -0.466 e. The minimum absolute atomic E-state index is 0.0634. The van der Waals surface area contributed by atoms with Gasteiger partial charge in [-0.05, 0) is 94.0 Å². The van der Waals surface area contributed by atoms with Gasteiger partial charge in [0, 0.05) is 28.8 Å². The van der Waals surface area contributed by atoms with Crippen molar-refractivity contribution in [3.63, 3.8) is 0 Å². The second-order valence-electron chi connectivity index (χ2n) is 13.8. The number of nitrogens with two attached hydrogens (primary N) is 1. The molecule has 2 heterocycles. The number of aromatic nitrogens is 4. The zero-order chi connectivity index (χ0) is 36.7. The van der Waals surface area contributed by atoms with Crippen LogP contribution in [-0.2, 0) is 11.2 Å². The van der Waals surface area contributed by atoms with Gasteiger partial charge in [-0.25, -0.2) is 14.3 Å². The van der Waals surface area contributed by atoms with Gasteiger partial charge in [-0.3, -0.25) is 14.7 Å². The molecule has 12 nitrogen and oxygen atoms in total. The Labute approximate surface area is 304 Å². The third kappa shape index (κ3) is 6.76. The van der Waals surface area contributed by atoms with Crippen molar-refractivity contribution >= 4 is 51.6 Å². The van der Waals surface area contributed by atoms with Crippen molar-refractivity contribution in [2.24, 2.45) is 5.73 Å². The van der Waals surface area contributed by atoms with Gasteiger partial charge in [0.15, 0.2) is 0 Å². The molecule has 1 aliphatic carbocycles. The zero-order valence-corrected chi connectivity index (χ0v) is 29.9. The first-order chi connectivity index (χ1) is 24.9. The molecule has 3 amide bonds. The lowest BCUT2D eigenvalue weighted by molar-refractivity contribution is 0.0543.